The van der Waals surface area contributed by atoms with Gasteiger partial charge in [0, 0.05) is 11.3 Å². The molecule has 82 valence electrons. The van der Waals surface area contributed by atoms with Crippen molar-refractivity contribution in [3.8, 4) is 11.5 Å². The van der Waals surface area contributed by atoms with E-state index in [1.165, 1.54) is 0 Å². The Balaban J connectivity index is 2.46. The molecule has 0 aliphatic heterocycles. The first kappa shape index (κ1) is 10.2. The Morgan fingerprint density at radius 3 is 2.81 bits per heavy atom. The number of carbonyl (C=O) groups is 1. The molecule has 0 saturated heterocycles. The number of nitrogen functional groups attached to an aromatic ring is 1. The molecule has 0 atom stereocenters. The lowest BCUT2D eigenvalue weighted by atomic mass is 10.1. The number of aromatic nitrogens is 2. The third kappa shape index (κ3) is 1.72. The number of carboxylic acid groups (broad SMARTS) is 1. The van der Waals surface area contributed by atoms with Crippen molar-refractivity contribution < 1.29 is 14.4 Å². The fourth-order valence-corrected chi connectivity index (χ4v) is 1.35. The quantitative estimate of drug-likeness (QED) is 0.738. The Labute approximate surface area is 90.7 Å². The van der Waals surface area contributed by atoms with Crippen molar-refractivity contribution in [2.75, 3.05) is 5.73 Å². The van der Waals surface area contributed by atoms with Crippen molar-refractivity contribution >= 4 is 11.7 Å². The molecule has 0 aliphatic carbocycles. The maximum Gasteiger partial charge on any atom is 0.377 e. The van der Waals surface area contributed by atoms with Crippen LogP contribution in [0.15, 0.2) is 22.7 Å². The summed E-state index contributed by atoms with van der Waals surface area (Å²) in [6.45, 7) is 1.83. The van der Waals surface area contributed by atoms with Crippen molar-refractivity contribution in [3.05, 3.63) is 29.6 Å². The number of nitrogens with two attached hydrogens (primary N) is 1. The first-order chi connectivity index (χ1) is 7.58. The number of nitrogens with zero attached hydrogens (tertiary/aromatic N) is 2. The van der Waals surface area contributed by atoms with Gasteiger partial charge in [-0.2, -0.15) is 4.98 Å². The van der Waals surface area contributed by atoms with Gasteiger partial charge in [-0.05, 0) is 35.8 Å². The number of aryl methyl sites for hydroxylation is 1. The first-order valence-corrected chi connectivity index (χ1v) is 4.51. The van der Waals surface area contributed by atoms with Gasteiger partial charge in [0.05, 0.1) is 0 Å². The van der Waals surface area contributed by atoms with Crippen LogP contribution >= 0.6 is 0 Å². The van der Waals surface area contributed by atoms with Crippen LogP contribution in [-0.2, 0) is 0 Å². The maximum absolute atomic E-state index is 10.6. The van der Waals surface area contributed by atoms with Gasteiger partial charge in [0.2, 0.25) is 0 Å². The second kappa shape index (κ2) is 3.65. The summed E-state index contributed by atoms with van der Waals surface area (Å²) >= 11 is 0. The molecule has 0 amide bonds. The SMILES string of the molecule is Cc1cc(N)ccc1-c1nc(C(=O)O)no1. The lowest BCUT2D eigenvalue weighted by Gasteiger charge is -2.00. The second-order valence-electron chi connectivity index (χ2n) is 3.30. The number of carboxylic acids is 1. The highest BCUT2D eigenvalue weighted by Gasteiger charge is 2.15. The molecule has 2 rings (SSSR count). The Morgan fingerprint density at radius 2 is 2.25 bits per heavy atom. The lowest BCUT2D eigenvalue weighted by molar-refractivity contribution is 0.0680. The zero-order valence-corrected chi connectivity index (χ0v) is 8.47. The fourth-order valence-electron chi connectivity index (χ4n) is 1.35. The molecule has 0 unspecified atom stereocenters. The Kier molecular flexibility index (Phi) is 2.32. The molecule has 0 aliphatic rings. The highest BCUT2D eigenvalue weighted by molar-refractivity contribution is 5.83. The largest absolute Gasteiger partial charge is 0.475 e. The smallest absolute Gasteiger partial charge is 0.377 e. The van der Waals surface area contributed by atoms with E-state index in [1.54, 1.807) is 18.2 Å². The van der Waals surface area contributed by atoms with Crippen LogP contribution in [0.5, 0.6) is 0 Å². The summed E-state index contributed by atoms with van der Waals surface area (Å²) in [5.74, 6) is -1.40. The average molecular weight is 219 g/mol. The summed E-state index contributed by atoms with van der Waals surface area (Å²) in [6, 6.07) is 5.15. The molecular weight excluding hydrogens is 210 g/mol. The van der Waals surface area contributed by atoms with Gasteiger partial charge in [-0.25, -0.2) is 4.79 Å². The third-order valence-electron chi connectivity index (χ3n) is 2.10. The minimum Gasteiger partial charge on any atom is -0.475 e. The zero-order chi connectivity index (χ0) is 11.7. The van der Waals surface area contributed by atoms with Crippen LogP contribution in [0.1, 0.15) is 16.2 Å². The van der Waals surface area contributed by atoms with E-state index in [2.05, 4.69) is 10.1 Å². The minimum absolute atomic E-state index is 0.176. The minimum atomic E-state index is -1.22. The zero-order valence-electron chi connectivity index (χ0n) is 8.47. The number of anilines is 1. The van der Waals surface area contributed by atoms with Gasteiger partial charge in [0.15, 0.2) is 0 Å². The van der Waals surface area contributed by atoms with Crippen LogP contribution in [0.4, 0.5) is 5.69 Å². The van der Waals surface area contributed by atoms with Gasteiger partial charge in [0.1, 0.15) is 0 Å². The normalized spacial score (nSPS) is 10.3. The Hall–Kier alpha value is -2.37. The van der Waals surface area contributed by atoms with Crippen LogP contribution < -0.4 is 5.73 Å². The lowest BCUT2D eigenvalue weighted by Crippen LogP contribution is -1.98. The summed E-state index contributed by atoms with van der Waals surface area (Å²) in [4.78, 5) is 14.3. The highest BCUT2D eigenvalue weighted by atomic mass is 16.5. The molecule has 16 heavy (non-hydrogen) atoms. The van der Waals surface area contributed by atoms with E-state index in [1.807, 2.05) is 6.92 Å². The number of hydrogen-bond acceptors (Lipinski definition) is 5. The molecule has 1 heterocycles. The molecule has 0 bridgehead atoms. The van der Waals surface area contributed by atoms with Crippen LogP contribution in [0.3, 0.4) is 0 Å². The Bertz CT molecular complexity index is 548. The van der Waals surface area contributed by atoms with E-state index >= 15 is 0 Å². The van der Waals surface area contributed by atoms with E-state index < -0.39 is 5.97 Å². The van der Waals surface area contributed by atoms with Crippen LogP contribution in [0.2, 0.25) is 0 Å². The maximum atomic E-state index is 10.6. The van der Waals surface area contributed by atoms with Gasteiger partial charge in [0.25, 0.3) is 11.7 Å². The molecule has 0 fully saturated rings. The van der Waals surface area contributed by atoms with Gasteiger partial charge >= 0.3 is 5.97 Å². The fraction of sp³-hybridized carbons (Fsp3) is 0.100. The van der Waals surface area contributed by atoms with Crippen LogP contribution in [0, 0.1) is 6.92 Å². The van der Waals surface area contributed by atoms with Gasteiger partial charge in [-0.15, -0.1) is 0 Å². The molecule has 3 N–H and O–H groups in total. The standard InChI is InChI=1S/C10H9N3O3/c1-5-4-6(11)2-3-7(5)9-12-8(10(14)15)13-16-9/h2-4H,11H2,1H3,(H,14,15). The van der Waals surface area contributed by atoms with Crippen molar-refractivity contribution in [1.29, 1.82) is 0 Å². The molecule has 0 radical (unpaired) electrons. The van der Waals surface area contributed by atoms with E-state index in [0.717, 1.165) is 5.56 Å². The summed E-state index contributed by atoms with van der Waals surface area (Å²) in [5.41, 5.74) is 7.75. The monoisotopic (exact) mass is 219 g/mol. The predicted octanol–water partition coefficient (Wildman–Crippen LogP) is 1.33. The summed E-state index contributed by atoms with van der Waals surface area (Å²) in [7, 11) is 0. The van der Waals surface area contributed by atoms with Crippen molar-refractivity contribution in [2.45, 2.75) is 6.92 Å². The molecular formula is C10H9N3O3. The van der Waals surface area contributed by atoms with E-state index in [0.29, 0.717) is 11.3 Å². The van der Waals surface area contributed by atoms with Crippen molar-refractivity contribution in [1.82, 2.24) is 10.1 Å². The molecule has 0 spiro atoms. The Morgan fingerprint density at radius 1 is 1.50 bits per heavy atom. The van der Waals surface area contributed by atoms with Gasteiger partial charge in [-0.1, -0.05) is 0 Å². The highest BCUT2D eigenvalue weighted by Crippen LogP contribution is 2.23. The second-order valence-corrected chi connectivity index (χ2v) is 3.30. The molecule has 6 heteroatoms. The van der Waals surface area contributed by atoms with Gasteiger partial charge < -0.3 is 15.4 Å². The predicted molar refractivity (Wildman–Crippen MR) is 55.8 cm³/mol. The van der Waals surface area contributed by atoms with Crippen molar-refractivity contribution in [3.63, 3.8) is 0 Å². The molecule has 6 nitrogen and oxygen atoms in total. The number of aromatic carboxylic acids is 1. The number of hydrogen-bond donors (Lipinski definition) is 2. The molecule has 2 aromatic rings. The third-order valence-corrected chi connectivity index (χ3v) is 2.10. The topological polar surface area (TPSA) is 102 Å². The molecule has 1 aromatic heterocycles. The van der Waals surface area contributed by atoms with E-state index in [9.17, 15) is 4.79 Å². The van der Waals surface area contributed by atoms with Crippen molar-refractivity contribution in [2.24, 2.45) is 0 Å². The van der Waals surface area contributed by atoms with E-state index in [4.69, 9.17) is 15.4 Å². The van der Waals surface area contributed by atoms with Gasteiger partial charge in [-0.3, -0.25) is 0 Å². The molecule has 1 aromatic carbocycles. The first-order valence-electron chi connectivity index (χ1n) is 4.51. The number of rotatable bonds is 2. The summed E-state index contributed by atoms with van der Waals surface area (Å²) in [5, 5.41) is 12.0. The average Bonchev–Trinajstić information content (AvgIpc) is 2.66. The van der Waals surface area contributed by atoms with E-state index in [-0.39, 0.29) is 11.7 Å². The summed E-state index contributed by atoms with van der Waals surface area (Å²) < 4.78 is 4.85. The molecule has 0 saturated carbocycles. The van der Waals surface area contributed by atoms with Crippen LogP contribution in [-0.4, -0.2) is 21.2 Å². The summed E-state index contributed by atoms with van der Waals surface area (Å²) in [6.07, 6.45) is 0. The van der Waals surface area contributed by atoms with Crippen LogP contribution in [0.25, 0.3) is 11.5 Å². The number of benzene rings is 1.